The highest BCUT2D eigenvalue weighted by molar-refractivity contribution is 5.92. The van der Waals surface area contributed by atoms with E-state index in [1.165, 1.54) is 18.4 Å². The standard InChI is InChI=1S/C24H34FN5O3/c1-18(2)22(31)15-27-7-9-28(10-8-27)16-23-26-21(17-33-23)24(32)30-13-11-29(12-14-30)20-5-3-19(25)4-6-20/h3-6,17-18,22,31H,7-16H2,1-2H3/t22-/m1/s1. The van der Waals surface area contributed by atoms with Crippen LogP contribution >= 0.6 is 0 Å². The SMILES string of the molecule is CC(C)[C@H](O)CN1CCN(Cc2nc(C(=O)N3CCN(c4ccc(F)cc4)CC3)co2)CC1. The molecule has 1 N–H and O–H groups in total. The summed E-state index contributed by atoms with van der Waals surface area (Å²) in [5.74, 6) is 0.452. The second kappa shape index (κ2) is 10.6. The zero-order chi connectivity index (χ0) is 23.4. The predicted molar refractivity (Wildman–Crippen MR) is 124 cm³/mol. The zero-order valence-electron chi connectivity index (χ0n) is 19.5. The first-order chi connectivity index (χ1) is 15.9. The molecule has 1 atom stereocenters. The van der Waals surface area contributed by atoms with E-state index in [4.69, 9.17) is 4.42 Å². The van der Waals surface area contributed by atoms with Crippen molar-refractivity contribution < 1.29 is 18.7 Å². The molecule has 2 saturated heterocycles. The Kier molecular flexibility index (Phi) is 7.62. The number of aliphatic hydroxyl groups is 1. The largest absolute Gasteiger partial charge is 0.447 e. The molecular formula is C24H34FN5O3. The molecule has 4 rings (SSSR count). The molecule has 2 aromatic rings. The molecule has 0 saturated carbocycles. The number of carbonyl (C=O) groups is 1. The van der Waals surface area contributed by atoms with Gasteiger partial charge in [0.25, 0.3) is 5.91 Å². The van der Waals surface area contributed by atoms with E-state index in [1.54, 1.807) is 17.0 Å². The average molecular weight is 460 g/mol. The quantitative estimate of drug-likeness (QED) is 0.678. The summed E-state index contributed by atoms with van der Waals surface area (Å²) in [5.41, 5.74) is 1.31. The molecule has 33 heavy (non-hydrogen) atoms. The van der Waals surface area contributed by atoms with E-state index in [-0.39, 0.29) is 23.7 Å². The Morgan fingerprint density at radius 3 is 2.30 bits per heavy atom. The highest BCUT2D eigenvalue weighted by atomic mass is 19.1. The summed E-state index contributed by atoms with van der Waals surface area (Å²) in [6, 6.07) is 6.45. The number of nitrogens with zero attached hydrogens (tertiary/aromatic N) is 5. The molecule has 1 aromatic carbocycles. The van der Waals surface area contributed by atoms with E-state index in [0.717, 1.165) is 31.9 Å². The van der Waals surface area contributed by atoms with Gasteiger partial charge in [0.15, 0.2) is 5.69 Å². The number of anilines is 1. The van der Waals surface area contributed by atoms with Crippen LogP contribution in [0.15, 0.2) is 34.9 Å². The average Bonchev–Trinajstić information content (AvgIpc) is 3.29. The second-order valence-electron chi connectivity index (χ2n) is 9.27. The Bertz CT molecular complexity index is 903. The lowest BCUT2D eigenvalue weighted by Gasteiger charge is -2.35. The lowest BCUT2D eigenvalue weighted by molar-refractivity contribution is 0.0463. The summed E-state index contributed by atoms with van der Waals surface area (Å²) < 4.78 is 18.8. The smallest absolute Gasteiger partial charge is 0.275 e. The third-order valence-electron chi connectivity index (χ3n) is 6.57. The molecule has 0 spiro atoms. The van der Waals surface area contributed by atoms with Crippen LogP contribution in [0.4, 0.5) is 10.1 Å². The Morgan fingerprint density at radius 1 is 1.03 bits per heavy atom. The number of halogens is 1. The van der Waals surface area contributed by atoms with Gasteiger partial charge in [-0.1, -0.05) is 13.8 Å². The molecule has 0 radical (unpaired) electrons. The highest BCUT2D eigenvalue weighted by Gasteiger charge is 2.26. The fraction of sp³-hybridized carbons (Fsp3) is 0.583. The minimum atomic E-state index is -0.297. The van der Waals surface area contributed by atoms with Crippen molar-refractivity contribution in [1.29, 1.82) is 0 Å². The number of aromatic nitrogens is 1. The van der Waals surface area contributed by atoms with Gasteiger partial charge < -0.3 is 19.3 Å². The lowest BCUT2D eigenvalue weighted by Crippen LogP contribution is -2.49. The monoisotopic (exact) mass is 459 g/mol. The van der Waals surface area contributed by atoms with Gasteiger partial charge in [0.1, 0.15) is 12.1 Å². The summed E-state index contributed by atoms with van der Waals surface area (Å²) in [6.07, 6.45) is 1.16. The van der Waals surface area contributed by atoms with E-state index in [2.05, 4.69) is 19.7 Å². The Morgan fingerprint density at radius 2 is 1.67 bits per heavy atom. The van der Waals surface area contributed by atoms with Gasteiger partial charge in [0, 0.05) is 64.6 Å². The number of β-amino-alcohol motifs (C(OH)–C–C–N with tert-alkyl or cyclic N) is 1. The molecular weight excluding hydrogens is 425 g/mol. The highest BCUT2D eigenvalue weighted by Crippen LogP contribution is 2.18. The number of rotatable bonds is 7. The van der Waals surface area contributed by atoms with E-state index >= 15 is 0 Å². The number of amides is 1. The van der Waals surface area contributed by atoms with Gasteiger partial charge in [0.05, 0.1) is 12.6 Å². The van der Waals surface area contributed by atoms with Crippen LogP contribution in [0.5, 0.6) is 0 Å². The van der Waals surface area contributed by atoms with E-state index in [1.807, 2.05) is 13.8 Å². The minimum absolute atomic E-state index is 0.115. The molecule has 1 aromatic heterocycles. The first-order valence-electron chi connectivity index (χ1n) is 11.8. The summed E-state index contributed by atoms with van der Waals surface area (Å²) in [7, 11) is 0. The molecule has 0 unspecified atom stereocenters. The topological polar surface area (TPSA) is 76.3 Å². The van der Waals surface area contributed by atoms with Gasteiger partial charge in [-0.3, -0.25) is 14.6 Å². The van der Waals surface area contributed by atoms with Crippen LogP contribution in [-0.4, -0.2) is 95.7 Å². The van der Waals surface area contributed by atoms with Crippen LogP contribution in [0.2, 0.25) is 0 Å². The number of benzene rings is 1. The van der Waals surface area contributed by atoms with E-state index < -0.39 is 0 Å². The molecule has 2 aliphatic rings. The Balaban J connectivity index is 1.23. The predicted octanol–water partition coefficient (Wildman–Crippen LogP) is 1.91. The Labute approximate surface area is 194 Å². The summed E-state index contributed by atoms with van der Waals surface area (Å²) in [4.78, 5) is 25.8. The molecule has 0 bridgehead atoms. The number of carbonyl (C=O) groups excluding carboxylic acids is 1. The van der Waals surface area contributed by atoms with Gasteiger partial charge in [-0.25, -0.2) is 9.37 Å². The fourth-order valence-electron chi connectivity index (χ4n) is 4.26. The third-order valence-corrected chi connectivity index (χ3v) is 6.57. The summed E-state index contributed by atoms with van der Waals surface area (Å²) >= 11 is 0. The van der Waals surface area contributed by atoms with Crippen LogP contribution in [0, 0.1) is 11.7 Å². The van der Waals surface area contributed by atoms with Crippen molar-refractivity contribution in [1.82, 2.24) is 19.7 Å². The molecule has 8 nitrogen and oxygen atoms in total. The van der Waals surface area contributed by atoms with Crippen molar-refractivity contribution in [3.05, 3.63) is 47.9 Å². The van der Waals surface area contributed by atoms with E-state index in [0.29, 0.717) is 50.9 Å². The van der Waals surface area contributed by atoms with Crippen LogP contribution in [0.25, 0.3) is 0 Å². The summed E-state index contributed by atoms with van der Waals surface area (Å²) in [6.45, 7) is 11.5. The van der Waals surface area contributed by atoms with Gasteiger partial charge in [-0.2, -0.15) is 0 Å². The van der Waals surface area contributed by atoms with Crippen LogP contribution in [0.1, 0.15) is 30.2 Å². The van der Waals surface area contributed by atoms with Crippen LogP contribution in [-0.2, 0) is 6.54 Å². The first-order valence-corrected chi connectivity index (χ1v) is 11.8. The number of hydrogen-bond acceptors (Lipinski definition) is 7. The van der Waals surface area contributed by atoms with E-state index in [9.17, 15) is 14.3 Å². The van der Waals surface area contributed by atoms with Gasteiger partial charge >= 0.3 is 0 Å². The molecule has 9 heteroatoms. The van der Waals surface area contributed by atoms with Crippen molar-refractivity contribution in [3.8, 4) is 0 Å². The van der Waals surface area contributed by atoms with Gasteiger partial charge in [0.2, 0.25) is 5.89 Å². The fourth-order valence-corrected chi connectivity index (χ4v) is 4.26. The molecule has 1 amide bonds. The summed E-state index contributed by atoms with van der Waals surface area (Å²) in [5, 5.41) is 10.1. The van der Waals surface area contributed by atoms with Crippen molar-refractivity contribution in [2.45, 2.75) is 26.5 Å². The van der Waals surface area contributed by atoms with Gasteiger partial charge in [-0.15, -0.1) is 0 Å². The zero-order valence-corrected chi connectivity index (χ0v) is 19.5. The minimum Gasteiger partial charge on any atom is -0.447 e. The normalized spacial score (nSPS) is 19.3. The van der Waals surface area contributed by atoms with Crippen molar-refractivity contribution in [2.24, 2.45) is 5.92 Å². The van der Waals surface area contributed by atoms with Crippen molar-refractivity contribution in [2.75, 3.05) is 63.8 Å². The third kappa shape index (κ3) is 6.10. The first kappa shape index (κ1) is 23.7. The molecule has 3 heterocycles. The number of aliphatic hydroxyl groups excluding tert-OH is 1. The molecule has 180 valence electrons. The van der Waals surface area contributed by atoms with Crippen LogP contribution < -0.4 is 4.90 Å². The van der Waals surface area contributed by atoms with Gasteiger partial charge in [-0.05, 0) is 30.2 Å². The van der Waals surface area contributed by atoms with Crippen LogP contribution in [0.3, 0.4) is 0 Å². The lowest BCUT2D eigenvalue weighted by atomic mass is 10.1. The Hall–Kier alpha value is -2.49. The second-order valence-corrected chi connectivity index (χ2v) is 9.27. The maximum absolute atomic E-state index is 13.1. The number of oxazole rings is 1. The molecule has 0 aliphatic carbocycles. The maximum atomic E-state index is 13.1. The van der Waals surface area contributed by atoms with Crippen molar-refractivity contribution >= 4 is 11.6 Å². The molecule has 2 fully saturated rings. The van der Waals surface area contributed by atoms with Crippen molar-refractivity contribution in [3.63, 3.8) is 0 Å². The number of piperazine rings is 2. The molecule has 2 aliphatic heterocycles. The number of hydrogen-bond donors (Lipinski definition) is 1. The maximum Gasteiger partial charge on any atom is 0.275 e.